The first-order chi connectivity index (χ1) is 4.45. The summed E-state index contributed by atoms with van der Waals surface area (Å²) in [4.78, 5) is 10.5. The highest BCUT2D eigenvalue weighted by atomic mass is 16.5. The smallest absolute Gasteiger partial charge is 0.330 e. The largest absolute Gasteiger partial charge is 0.466 e. The van der Waals surface area contributed by atoms with E-state index in [0.29, 0.717) is 0 Å². The number of ether oxygens (including phenoxy) is 1. The zero-order valence-electron chi connectivity index (χ0n) is 6.97. The summed E-state index contributed by atoms with van der Waals surface area (Å²) in [6, 6.07) is 0. The Kier molecular flexibility index (Phi) is 3.13. The Morgan fingerprint density at radius 1 is 1.40 bits per heavy atom. The molecule has 0 atom stereocenters. The molecule has 0 heterocycles. The van der Waals surface area contributed by atoms with Crippen LogP contribution in [0.3, 0.4) is 0 Å². The molecule has 0 aromatic carbocycles. The molecule has 58 valence electrons. The van der Waals surface area contributed by atoms with E-state index in [4.69, 9.17) is 0 Å². The lowest BCUT2D eigenvalue weighted by atomic mass is 9.96. The Morgan fingerprint density at radius 2 is 1.90 bits per heavy atom. The molecule has 2 heteroatoms. The second-order valence-electron chi connectivity index (χ2n) is 3.22. The maximum Gasteiger partial charge on any atom is 0.330 e. The minimum Gasteiger partial charge on any atom is -0.466 e. The van der Waals surface area contributed by atoms with E-state index in [-0.39, 0.29) is 11.4 Å². The first kappa shape index (κ1) is 9.21. The van der Waals surface area contributed by atoms with Crippen molar-refractivity contribution in [1.82, 2.24) is 0 Å². The van der Waals surface area contributed by atoms with Gasteiger partial charge >= 0.3 is 5.97 Å². The van der Waals surface area contributed by atoms with Crippen molar-refractivity contribution >= 4 is 5.97 Å². The van der Waals surface area contributed by atoms with Crippen LogP contribution in [-0.2, 0) is 9.53 Å². The summed E-state index contributed by atoms with van der Waals surface area (Å²) in [6.07, 6.45) is 3.26. The lowest BCUT2D eigenvalue weighted by molar-refractivity contribution is -0.134. The van der Waals surface area contributed by atoms with Crippen LogP contribution in [0.15, 0.2) is 12.2 Å². The SMILES string of the molecule is COC(=O)/C=C/C(C)(C)C. The molecule has 0 aromatic rings. The van der Waals surface area contributed by atoms with Gasteiger partial charge in [-0.2, -0.15) is 0 Å². The Labute approximate surface area is 61.9 Å². The number of methoxy groups -OCH3 is 1. The van der Waals surface area contributed by atoms with Crippen molar-refractivity contribution in [3.63, 3.8) is 0 Å². The average Bonchev–Trinajstić information content (AvgIpc) is 1.81. The summed E-state index contributed by atoms with van der Waals surface area (Å²) in [5.41, 5.74) is 0.0498. The van der Waals surface area contributed by atoms with Gasteiger partial charge in [0, 0.05) is 6.08 Å². The van der Waals surface area contributed by atoms with Crippen molar-refractivity contribution < 1.29 is 9.53 Å². The van der Waals surface area contributed by atoms with Crippen LogP contribution in [0.5, 0.6) is 0 Å². The van der Waals surface area contributed by atoms with Crippen LogP contribution < -0.4 is 0 Å². The van der Waals surface area contributed by atoms with E-state index >= 15 is 0 Å². The summed E-state index contributed by atoms with van der Waals surface area (Å²) in [7, 11) is 1.37. The molecular weight excluding hydrogens is 128 g/mol. The zero-order chi connectivity index (χ0) is 8.20. The van der Waals surface area contributed by atoms with Gasteiger partial charge in [0.05, 0.1) is 7.11 Å². The van der Waals surface area contributed by atoms with Gasteiger partial charge in [-0.15, -0.1) is 0 Å². The second kappa shape index (κ2) is 3.40. The van der Waals surface area contributed by atoms with Crippen molar-refractivity contribution in [3.8, 4) is 0 Å². The van der Waals surface area contributed by atoms with Gasteiger partial charge < -0.3 is 4.74 Å². The molecule has 0 saturated heterocycles. The van der Waals surface area contributed by atoms with Crippen LogP contribution in [0.2, 0.25) is 0 Å². The van der Waals surface area contributed by atoms with E-state index in [1.807, 2.05) is 26.8 Å². The molecule has 0 bridgehead atoms. The van der Waals surface area contributed by atoms with Crippen LogP contribution in [-0.4, -0.2) is 13.1 Å². The fraction of sp³-hybridized carbons (Fsp3) is 0.625. The van der Waals surface area contributed by atoms with Gasteiger partial charge in [0.25, 0.3) is 0 Å². The van der Waals surface area contributed by atoms with Gasteiger partial charge in [-0.3, -0.25) is 0 Å². The highest BCUT2D eigenvalue weighted by Gasteiger charge is 2.04. The first-order valence-electron chi connectivity index (χ1n) is 3.23. The first-order valence-corrected chi connectivity index (χ1v) is 3.23. The Hall–Kier alpha value is -0.790. The third kappa shape index (κ3) is 5.35. The molecule has 0 aliphatic heterocycles. The molecular formula is C8H14O2. The molecule has 0 rings (SSSR count). The van der Waals surface area contributed by atoms with Crippen LogP contribution >= 0.6 is 0 Å². The van der Waals surface area contributed by atoms with Gasteiger partial charge in [0.15, 0.2) is 0 Å². The molecule has 0 aliphatic carbocycles. The normalized spacial score (nSPS) is 12.0. The van der Waals surface area contributed by atoms with Crippen molar-refractivity contribution in [2.24, 2.45) is 5.41 Å². The molecule has 0 aliphatic rings. The minimum absolute atomic E-state index is 0.0498. The average molecular weight is 142 g/mol. The summed E-state index contributed by atoms with van der Waals surface area (Å²) in [5, 5.41) is 0. The van der Waals surface area contributed by atoms with Gasteiger partial charge in [-0.1, -0.05) is 26.8 Å². The van der Waals surface area contributed by atoms with E-state index in [9.17, 15) is 4.79 Å². The van der Waals surface area contributed by atoms with Gasteiger partial charge in [0.1, 0.15) is 0 Å². The molecule has 0 fully saturated rings. The molecule has 10 heavy (non-hydrogen) atoms. The van der Waals surface area contributed by atoms with Crippen LogP contribution in [0, 0.1) is 5.41 Å². The number of carbonyl (C=O) groups excluding carboxylic acids is 1. The van der Waals surface area contributed by atoms with E-state index < -0.39 is 0 Å². The number of hydrogen-bond donors (Lipinski definition) is 0. The summed E-state index contributed by atoms with van der Waals surface area (Å²) in [6.45, 7) is 6.06. The van der Waals surface area contributed by atoms with Crippen LogP contribution in [0.25, 0.3) is 0 Å². The quantitative estimate of drug-likeness (QED) is 0.412. The highest BCUT2D eigenvalue weighted by molar-refractivity contribution is 5.81. The zero-order valence-corrected chi connectivity index (χ0v) is 6.97. The highest BCUT2D eigenvalue weighted by Crippen LogP contribution is 2.13. The van der Waals surface area contributed by atoms with E-state index in [2.05, 4.69) is 4.74 Å². The lowest BCUT2D eigenvalue weighted by Crippen LogP contribution is -2.02. The second-order valence-corrected chi connectivity index (χ2v) is 3.22. The number of hydrogen-bond acceptors (Lipinski definition) is 2. The predicted molar refractivity (Wildman–Crippen MR) is 40.6 cm³/mol. The summed E-state index contributed by atoms with van der Waals surface area (Å²) >= 11 is 0. The van der Waals surface area contributed by atoms with Gasteiger partial charge in [-0.25, -0.2) is 4.79 Å². The molecule has 0 unspecified atom stereocenters. The van der Waals surface area contributed by atoms with Gasteiger partial charge in [-0.05, 0) is 5.41 Å². The topological polar surface area (TPSA) is 26.3 Å². The number of carbonyl (C=O) groups is 1. The third-order valence-corrected chi connectivity index (χ3v) is 0.921. The Bertz CT molecular complexity index is 140. The molecule has 0 radical (unpaired) electrons. The number of allylic oxidation sites excluding steroid dienone is 1. The molecule has 0 spiro atoms. The van der Waals surface area contributed by atoms with Crippen molar-refractivity contribution in [3.05, 3.63) is 12.2 Å². The Balaban J connectivity index is 3.88. The summed E-state index contributed by atoms with van der Waals surface area (Å²) < 4.78 is 4.42. The standard InChI is InChI=1S/C8H14O2/c1-8(2,3)6-5-7(9)10-4/h5-6H,1-4H3/b6-5+. The monoisotopic (exact) mass is 142 g/mol. The fourth-order valence-corrected chi connectivity index (χ4v) is 0.386. The maximum atomic E-state index is 10.5. The minimum atomic E-state index is -0.296. The number of esters is 1. The molecule has 0 aromatic heterocycles. The molecule has 0 saturated carbocycles. The van der Waals surface area contributed by atoms with Crippen molar-refractivity contribution in [2.45, 2.75) is 20.8 Å². The third-order valence-electron chi connectivity index (χ3n) is 0.921. The van der Waals surface area contributed by atoms with Crippen LogP contribution in [0.1, 0.15) is 20.8 Å². The molecule has 0 N–H and O–H groups in total. The molecule has 2 nitrogen and oxygen atoms in total. The van der Waals surface area contributed by atoms with E-state index in [0.717, 1.165) is 0 Å². The van der Waals surface area contributed by atoms with Crippen LogP contribution in [0.4, 0.5) is 0 Å². The van der Waals surface area contributed by atoms with Gasteiger partial charge in [0.2, 0.25) is 0 Å². The van der Waals surface area contributed by atoms with E-state index in [1.54, 1.807) is 0 Å². The summed E-state index contributed by atoms with van der Waals surface area (Å²) in [5.74, 6) is -0.296. The molecule has 0 amide bonds. The van der Waals surface area contributed by atoms with Crippen molar-refractivity contribution in [2.75, 3.05) is 7.11 Å². The predicted octanol–water partition coefficient (Wildman–Crippen LogP) is 1.76. The Morgan fingerprint density at radius 3 is 2.20 bits per heavy atom. The number of rotatable bonds is 1. The van der Waals surface area contributed by atoms with Crippen molar-refractivity contribution in [1.29, 1.82) is 0 Å². The maximum absolute atomic E-state index is 10.5. The fourth-order valence-electron chi connectivity index (χ4n) is 0.386. The lowest BCUT2D eigenvalue weighted by Gasteiger charge is -2.09. The van der Waals surface area contributed by atoms with E-state index in [1.165, 1.54) is 13.2 Å².